The molecule has 0 aliphatic carbocycles. The highest BCUT2D eigenvalue weighted by atomic mass is 16.3. The van der Waals surface area contributed by atoms with Gasteiger partial charge in [0.05, 0.1) is 16.9 Å². The van der Waals surface area contributed by atoms with E-state index in [0.717, 1.165) is 27.9 Å². The molecule has 0 saturated heterocycles. The van der Waals surface area contributed by atoms with E-state index in [1.807, 2.05) is 41.9 Å². The molecule has 126 valence electrons. The van der Waals surface area contributed by atoms with Crippen molar-refractivity contribution in [1.82, 2.24) is 20.0 Å². The molecule has 0 amide bonds. The first-order valence-electron chi connectivity index (χ1n) is 8.37. The van der Waals surface area contributed by atoms with Crippen LogP contribution in [0.3, 0.4) is 0 Å². The topological polar surface area (TPSA) is 66.7 Å². The van der Waals surface area contributed by atoms with Gasteiger partial charge in [-0.3, -0.25) is 9.78 Å². The molecule has 0 aliphatic rings. The number of hydrogen-bond donors (Lipinski definition) is 2. The van der Waals surface area contributed by atoms with Crippen LogP contribution in [-0.2, 0) is 0 Å². The Balaban J connectivity index is 1.84. The molecule has 0 fully saturated rings. The van der Waals surface area contributed by atoms with Gasteiger partial charge in [-0.05, 0) is 50.6 Å². The lowest BCUT2D eigenvalue weighted by atomic mass is 10.1. The lowest BCUT2D eigenvalue weighted by molar-refractivity contribution is 0.476. The minimum atomic E-state index is 0.232. The summed E-state index contributed by atoms with van der Waals surface area (Å²) in [4.78, 5) is 0. The number of benzene rings is 2. The first-order chi connectivity index (χ1) is 12.0. The zero-order chi connectivity index (χ0) is 17.6. The van der Waals surface area contributed by atoms with E-state index >= 15 is 0 Å². The van der Waals surface area contributed by atoms with Crippen molar-refractivity contribution >= 4 is 10.9 Å². The van der Waals surface area contributed by atoms with Crippen molar-refractivity contribution in [2.24, 2.45) is 0 Å². The Kier molecular flexibility index (Phi) is 3.57. The van der Waals surface area contributed by atoms with Gasteiger partial charge >= 0.3 is 0 Å². The molecule has 0 saturated carbocycles. The Morgan fingerprint density at radius 3 is 2.64 bits per heavy atom. The molecule has 0 bridgehead atoms. The van der Waals surface area contributed by atoms with Gasteiger partial charge in [-0.25, -0.2) is 0 Å². The highest BCUT2D eigenvalue weighted by Crippen LogP contribution is 2.33. The summed E-state index contributed by atoms with van der Waals surface area (Å²) in [7, 11) is 0. The van der Waals surface area contributed by atoms with E-state index in [9.17, 15) is 5.11 Å². The monoisotopic (exact) mass is 332 g/mol. The second kappa shape index (κ2) is 5.77. The number of nitrogens with zero attached hydrogens (tertiary/aromatic N) is 3. The van der Waals surface area contributed by atoms with Crippen molar-refractivity contribution in [3.63, 3.8) is 0 Å². The molecule has 4 aromatic rings. The van der Waals surface area contributed by atoms with Gasteiger partial charge in [-0.2, -0.15) is 10.2 Å². The number of rotatable bonds is 3. The van der Waals surface area contributed by atoms with Gasteiger partial charge in [-0.1, -0.05) is 24.3 Å². The summed E-state index contributed by atoms with van der Waals surface area (Å²) in [5.41, 5.74) is 5.23. The van der Waals surface area contributed by atoms with Gasteiger partial charge in [-0.15, -0.1) is 0 Å². The van der Waals surface area contributed by atoms with Crippen LogP contribution in [0.4, 0.5) is 0 Å². The molecule has 5 nitrogen and oxygen atoms in total. The summed E-state index contributed by atoms with van der Waals surface area (Å²) in [5.74, 6) is 0.232. The summed E-state index contributed by atoms with van der Waals surface area (Å²) in [6.07, 6.45) is 0. The molecule has 4 rings (SSSR count). The maximum Gasteiger partial charge on any atom is 0.125 e. The highest BCUT2D eigenvalue weighted by molar-refractivity contribution is 5.93. The van der Waals surface area contributed by atoms with E-state index in [1.165, 1.54) is 0 Å². The van der Waals surface area contributed by atoms with Crippen LogP contribution in [0.5, 0.6) is 5.75 Å². The molecule has 0 aliphatic heterocycles. The van der Waals surface area contributed by atoms with Crippen molar-refractivity contribution in [3.8, 4) is 28.4 Å². The maximum absolute atomic E-state index is 10.2. The number of nitrogens with one attached hydrogen (secondary N) is 1. The maximum atomic E-state index is 10.2. The van der Waals surface area contributed by atoms with Crippen LogP contribution in [-0.4, -0.2) is 25.1 Å². The molecular weight excluding hydrogens is 312 g/mol. The van der Waals surface area contributed by atoms with Crippen LogP contribution in [0.15, 0.2) is 48.5 Å². The Bertz CT molecular complexity index is 1060. The van der Waals surface area contributed by atoms with Crippen molar-refractivity contribution in [2.75, 3.05) is 0 Å². The summed E-state index contributed by atoms with van der Waals surface area (Å²) in [5, 5.41) is 23.5. The van der Waals surface area contributed by atoms with Crippen LogP contribution in [0, 0.1) is 6.92 Å². The predicted molar refractivity (Wildman–Crippen MR) is 99.5 cm³/mol. The normalized spacial score (nSPS) is 11.5. The van der Waals surface area contributed by atoms with Crippen LogP contribution in [0.2, 0.25) is 0 Å². The molecular formula is C20H20N4O. The zero-order valence-electron chi connectivity index (χ0n) is 14.5. The third-order valence-corrected chi connectivity index (χ3v) is 4.37. The standard InChI is InChI=1S/C20H20N4O/c1-12(2)24-18-7-5-4-6-15(18)20(23-24)17-11-16(21-22-17)14-9-8-13(3)10-19(14)25/h4-12,25H,1-3H3,(H,21,22). The van der Waals surface area contributed by atoms with E-state index in [1.54, 1.807) is 6.07 Å². The highest BCUT2D eigenvalue weighted by Gasteiger charge is 2.17. The molecule has 0 radical (unpaired) electrons. The average Bonchev–Trinajstić information content (AvgIpc) is 3.19. The number of para-hydroxylation sites is 1. The fourth-order valence-electron chi connectivity index (χ4n) is 3.12. The number of phenolic OH excluding ortho intramolecular Hbond substituents is 1. The van der Waals surface area contributed by atoms with E-state index in [2.05, 4.69) is 36.2 Å². The zero-order valence-corrected chi connectivity index (χ0v) is 14.5. The molecule has 2 aromatic carbocycles. The first-order valence-corrected chi connectivity index (χ1v) is 8.37. The minimum Gasteiger partial charge on any atom is -0.507 e. The van der Waals surface area contributed by atoms with Crippen LogP contribution >= 0.6 is 0 Å². The number of hydrogen-bond acceptors (Lipinski definition) is 3. The number of aryl methyl sites for hydroxylation is 1. The minimum absolute atomic E-state index is 0.232. The first kappa shape index (κ1) is 15.4. The summed E-state index contributed by atoms with van der Waals surface area (Å²) < 4.78 is 2.02. The SMILES string of the molecule is Cc1ccc(-c2cc(-c3nn(C(C)C)c4ccccc34)[nH]n2)c(O)c1. The average molecular weight is 332 g/mol. The van der Waals surface area contributed by atoms with E-state index in [0.29, 0.717) is 11.3 Å². The number of aromatic amines is 1. The number of aromatic nitrogens is 4. The van der Waals surface area contributed by atoms with Crippen molar-refractivity contribution in [3.05, 3.63) is 54.1 Å². The number of phenols is 1. The molecule has 2 heterocycles. The Hall–Kier alpha value is -3.08. The lowest BCUT2D eigenvalue weighted by Crippen LogP contribution is -2.02. The van der Waals surface area contributed by atoms with E-state index < -0.39 is 0 Å². The van der Waals surface area contributed by atoms with E-state index in [-0.39, 0.29) is 11.8 Å². The van der Waals surface area contributed by atoms with Crippen molar-refractivity contribution in [1.29, 1.82) is 0 Å². The molecule has 0 unspecified atom stereocenters. The van der Waals surface area contributed by atoms with Gasteiger partial charge in [0.1, 0.15) is 11.4 Å². The van der Waals surface area contributed by atoms with Crippen molar-refractivity contribution < 1.29 is 5.11 Å². The van der Waals surface area contributed by atoms with Crippen LogP contribution in [0.1, 0.15) is 25.5 Å². The van der Waals surface area contributed by atoms with Gasteiger partial charge in [0.2, 0.25) is 0 Å². The quantitative estimate of drug-likeness (QED) is 0.572. The van der Waals surface area contributed by atoms with Gasteiger partial charge in [0.15, 0.2) is 0 Å². The fourth-order valence-corrected chi connectivity index (χ4v) is 3.12. The molecule has 2 N–H and O–H groups in total. The molecule has 0 atom stereocenters. The summed E-state index contributed by atoms with van der Waals surface area (Å²) in [6.45, 7) is 6.18. The number of fused-ring (bicyclic) bond motifs is 1. The smallest absolute Gasteiger partial charge is 0.125 e. The van der Waals surface area contributed by atoms with Crippen LogP contribution < -0.4 is 0 Å². The largest absolute Gasteiger partial charge is 0.507 e. The molecule has 5 heteroatoms. The molecule has 0 spiro atoms. The number of H-pyrrole nitrogens is 1. The van der Waals surface area contributed by atoms with Gasteiger partial charge < -0.3 is 5.11 Å². The molecule has 2 aromatic heterocycles. The summed E-state index contributed by atoms with van der Waals surface area (Å²) in [6, 6.07) is 16.0. The van der Waals surface area contributed by atoms with Crippen LogP contribution in [0.25, 0.3) is 33.5 Å². The van der Waals surface area contributed by atoms with Gasteiger partial charge in [0, 0.05) is 17.0 Å². The Morgan fingerprint density at radius 1 is 1.08 bits per heavy atom. The third-order valence-electron chi connectivity index (χ3n) is 4.37. The van der Waals surface area contributed by atoms with E-state index in [4.69, 9.17) is 5.10 Å². The van der Waals surface area contributed by atoms with Gasteiger partial charge in [0.25, 0.3) is 0 Å². The third kappa shape index (κ3) is 2.58. The summed E-state index contributed by atoms with van der Waals surface area (Å²) >= 11 is 0. The molecule has 25 heavy (non-hydrogen) atoms. The second-order valence-electron chi connectivity index (χ2n) is 6.59. The van der Waals surface area contributed by atoms with Crippen molar-refractivity contribution in [2.45, 2.75) is 26.8 Å². The predicted octanol–water partition coefficient (Wildman–Crippen LogP) is 4.69. The lowest BCUT2D eigenvalue weighted by Gasteiger charge is -2.05. The number of aromatic hydroxyl groups is 1. The second-order valence-corrected chi connectivity index (χ2v) is 6.59. The Morgan fingerprint density at radius 2 is 1.88 bits per heavy atom. The Labute approximate surface area is 145 Å². The fraction of sp³-hybridized carbons (Fsp3) is 0.200.